The van der Waals surface area contributed by atoms with Crippen LogP contribution in [0, 0.1) is 5.82 Å². The van der Waals surface area contributed by atoms with E-state index in [2.05, 4.69) is 5.32 Å². The molecule has 0 saturated carbocycles. The minimum atomic E-state index is -4.47. The SMILES string of the molecule is CC[C@@H](C)NC(=O)[C@@H](Cc1ccccc1)N(Cc1c(Cl)cccc1Cl)C(=O)CN(c1ccc(F)cc1)S(=O)(=O)c1ccc2c(c1)OCCO2. The van der Waals surface area contributed by atoms with Crippen molar-refractivity contribution in [1.82, 2.24) is 10.2 Å². The van der Waals surface area contributed by atoms with E-state index in [0.717, 1.165) is 22.0 Å². The Balaban J connectivity index is 1.60. The number of fused-ring (bicyclic) bond motifs is 1. The van der Waals surface area contributed by atoms with Gasteiger partial charge in [0.25, 0.3) is 10.0 Å². The van der Waals surface area contributed by atoms with Crippen molar-refractivity contribution in [2.45, 2.75) is 50.2 Å². The van der Waals surface area contributed by atoms with Gasteiger partial charge >= 0.3 is 0 Å². The lowest BCUT2D eigenvalue weighted by molar-refractivity contribution is -0.140. The smallest absolute Gasteiger partial charge is 0.264 e. The van der Waals surface area contributed by atoms with Gasteiger partial charge in [0.15, 0.2) is 11.5 Å². The number of anilines is 1. The van der Waals surface area contributed by atoms with Gasteiger partial charge in [-0.25, -0.2) is 12.8 Å². The highest BCUT2D eigenvalue weighted by atomic mass is 35.5. The van der Waals surface area contributed by atoms with Gasteiger partial charge in [0.05, 0.1) is 10.6 Å². The number of benzene rings is 4. The van der Waals surface area contributed by atoms with Crippen LogP contribution in [0.5, 0.6) is 11.5 Å². The largest absolute Gasteiger partial charge is 0.486 e. The monoisotopic (exact) mass is 727 g/mol. The van der Waals surface area contributed by atoms with Crippen molar-refractivity contribution in [3.63, 3.8) is 0 Å². The lowest BCUT2D eigenvalue weighted by atomic mass is 10.0. The molecule has 1 aliphatic rings. The van der Waals surface area contributed by atoms with Gasteiger partial charge in [0.1, 0.15) is 31.6 Å². The standard InChI is InChI=1S/C36H36Cl2FN3O6S/c1-3-24(2)40-36(44)32(20-25-8-5-4-6-9-25)41(22-29-30(37)10-7-11-31(29)38)35(43)23-42(27-14-12-26(39)13-15-27)49(45,46)28-16-17-33-34(21-28)48-19-18-47-33/h4-17,21,24,32H,3,18-20,22-23H2,1-2H3,(H,40,44)/t24-,32-/m1/s1. The number of amides is 2. The number of carbonyl (C=O) groups excluding carboxylic acids is 2. The van der Waals surface area contributed by atoms with Crippen LogP contribution in [-0.4, -0.2) is 57.0 Å². The summed E-state index contributed by atoms with van der Waals surface area (Å²) >= 11 is 13.1. The maximum Gasteiger partial charge on any atom is 0.264 e. The number of rotatable bonds is 13. The predicted molar refractivity (Wildman–Crippen MR) is 187 cm³/mol. The summed E-state index contributed by atoms with van der Waals surface area (Å²) in [6, 6.07) is 21.7. The number of nitrogens with zero attached hydrogens (tertiary/aromatic N) is 2. The first-order chi connectivity index (χ1) is 23.5. The number of hydrogen-bond acceptors (Lipinski definition) is 6. The van der Waals surface area contributed by atoms with Gasteiger partial charge in [-0.1, -0.05) is 66.5 Å². The Morgan fingerprint density at radius 1 is 0.898 bits per heavy atom. The second-order valence-electron chi connectivity index (χ2n) is 11.5. The van der Waals surface area contributed by atoms with Crippen molar-refractivity contribution in [3.8, 4) is 11.5 Å². The van der Waals surface area contributed by atoms with E-state index >= 15 is 0 Å². The Bertz CT molecular complexity index is 1880. The maximum absolute atomic E-state index is 14.7. The molecule has 4 aromatic carbocycles. The van der Waals surface area contributed by atoms with E-state index in [1.807, 2.05) is 44.2 Å². The number of ether oxygens (including phenoxy) is 2. The highest BCUT2D eigenvalue weighted by Gasteiger charge is 2.36. The van der Waals surface area contributed by atoms with Crippen molar-refractivity contribution in [3.05, 3.63) is 118 Å². The predicted octanol–water partition coefficient (Wildman–Crippen LogP) is 6.65. The summed E-state index contributed by atoms with van der Waals surface area (Å²) in [5.41, 5.74) is 1.19. The van der Waals surface area contributed by atoms with Crippen LogP contribution in [0.4, 0.5) is 10.1 Å². The average Bonchev–Trinajstić information content (AvgIpc) is 3.10. The van der Waals surface area contributed by atoms with Crippen LogP contribution in [0.2, 0.25) is 10.0 Å². The zero-order valence-corrected chi connectivity index (χ0v) is 29.3. The maximum atomic E-state index is 14.7. The van der Waals surface area contributed by atoms with Crippen LogP contribution in [-0.2, 0) is 32.6 Å². The first kappa shape index (κ1) is 36.0. The van der Waals surface area contributed by atoms with E-state index in [1.165, 1.54) is 35.2 Å². The van der Waals surface area contributed by atoms with Crippen molar-refractivity contribution >= 4 is 50.7 Å². The van der Waals surface area contributed by atoms with E-state index in [0.29, 0.717) is 24.3 Å². The number of sulfonamides is 1. The third kappa shape index (κ3) is 8.65. The van der Waals surface area contributed by atoms with Crippen LogP contribution in [0.25, 0.3) is 0 Å². The molecule has 0 bridgehead atoms. The van der Waals surface area contributed by atoms with Crippen LogP contribution in [0.15, 0.2) is 95.9 Å². The normalized spacial score (nSPS) is 13.7. The van der Waals surface area contributed by atoms with E-state index < -0.39 is 40.2 Å². The fourth-order valence-corrected chi connectivity index (χ4v) is 7.24. The molecule has 49 heavy (non-hydrogen) atoms. The lowest BCUT2D eigenvalue weighted by Gasteiger charge is -2.34. The van der Waals surface area contributed by atoms with Gasteiger partial charge in [-0.2, -0.15) is 0 Å². The van der Waals surface area contributed by atoms with Gasteiger partial charge < -0.3 is 19.7 Å². The molecule has 9 nitrogen and oxygen atoms in total. The Morgan fingerprint density at radius 3 is 2.20 bits per heavy atom. The number of carbonyl (C=O) groups is 2. The molecule has 13 heteroatoms. The third-order valence-electron chi connectivity index (χ3n) is 8.16. The highest BCUT2D eigenvalue weighted by Crippen LogP contribution is 2.35. The molecule has 5 rings (SSSR count). The highest BCUT2D eigenvalue weighted by molar-refractivity contribution is 7.92. The van der Waals surface area contributed by atoms with Crippen molar-refractivity contribution < 1.29 is 31.9 Å². The van der Waals surface area contributed by atoms with Crippen molar-refractivity contribution in [2.75, 3.05) is 24.1 Å². The molecule has 0 aromatic heterocycles. The van der Waals surface area contributed by atoms with Crippen LogP contribution >= 0.6 is 23.2 Å². The van der Waals surface area contributed by atoms with Crippen molar-refractivity contribution in [1.29, 1.82) is 0 Å². The fourth-order valence-electron chi connectivity index (χ4n) is 5.30. The summed E-state index contributed by atoms with van der Waals surface area (Å²) < 4.78 is 54.8. The molecule has 1 heterocycles. The zero-order chi connectivity index (χ0) is 35.1. The van der Waals surface area contributed by atoms with Gasteiger partial charge in [0, 0.05) is 40.7 Å². The van der Waals surface area contributed by atoms with Crippen molar-refractivity contribution in [2.24, 2.45) is 0 Å². The molecule has 1 N–H and O–H groups in total. The molecule has 0 fully saturated rings. The molecule has 258 valence electrons. The van der Waals surface area contributed by atoms with Gasteiger partial charge in [0.2, 0.25) is 11.8 Å². The summed E-state index contributed by atoms with van der Waals surface area (Å²) in [5, 5.41) is 3.52. The van der Waals surface area contributed by atoms with Gasteiger partial charge in [-0.05, 0) is 67.4 Å². The Labute approximate surface area is 295 Å². The second-order valence-corrected chi connectivity index (χ2v) is 14.2. The summed E-state index contributed by atoms with van der Waals surface area (Å²) in [4.78, 5) is 29.8. The number of hydrogen-bond donors (Lipinski definition) is 1. The molecular weight excluding hydrogens is 692 g/mol. The summed E-state index contributed by atoms with van der Waals surface area (Å²) in [6.07, 6.45) is 0.753. The third-order valence-corrected chi connectivity index (χ3v) is 10.6. The van der Waals surface area contributed by atoms with E-state index in [1.54, 1.807) is 18.2 Å². The molecular formula is C36H36Cl2FN3O6S. The van der Waals surface area contributed by atoms with Crippen LogP contribution in [0.3, 0.4) is 0 Å². The molecule has 0 radical (unpaired) electrons. The minimum Gasteiger partial charge on any atom is -0.486 e. The topological polar surface area (TPSA) is 105 Å². The molecule has 0 unspecified atom stereocenters. The van der Waals surface area contributed by atoms with Crippen LogP contribution in [0.1, 0.15) is 31.4 Å². The van der Waals surface area contributed by atoms with E-state index in [4.69, 9.17) is 32.7 Å². The number of nitrogens with one attached hydrogen (secondary N) is 1. The minimum absolute atomic E-state index is 0.0315. The first-order valence-electron chi connectivity index (χ1n) is 15.7. The molecule has 2 amide bonds. The molecule has 1 aliphatic heterocycles. The van der Waals surface area contributed by atoms with Gasteiger partial charge in [-0.15, -0.1) is 0 Å². The fraction of sp³-hybridized carbons (Fsp3) is 0.278. The first-order valence-corrected chi connectivity index (χ1v) is 17.9. The van der Waals surface area contributed by atoms with Crippen LogP contribution < -0.4 is 19.1 Å². The summed E-state index contributed by atoms with van der Waals surface area (Å²) in [7, 11) is -4.47. The Hall–Kier alpha value is -4.32. The summed E-state index contributed by atoms with van der Waals surface area (Å²) in [5.74, 6) is -1.13. The Morgan fingerprint density at radius 2 is 1.55 bits per heavy atom. The van der Waals surface area contributed by atoms with Gasteiger partial charge in [-0.3, -0.25) is 13.9 Å². The summed E-state index contributed by atoms with van der Waals surface area (Å²) in [6.45, 7) is 3.38. The lowest BCUT2D eigenvalue weighted by Crippen LogP contribution is -2.54. The average molecular weight is 729 g/mol. The molecule has 4 aromatic rings. The van der Waals surface area contributed by atoms with E-state index in [9.17, 15) is 22.4 Å². The quantitative estimate of drug-likeness (QED) is 0.165. The second kappa shape index (κ2) is 15.9. The zero-order valence-electron chi connectivity index (χ0n) is 26.9. The van der Waals surface area contributed by atoms with E-state index in [-0.39, 0.29) is 52.0 Å². The number of halogens is 3. The Kier molecular flexibility index (Phi) is 11.7. The molecule has 0 spiro atoms. The molecule has 0 saturated heterocycles. The molecule has 2 atom stereocenters. The molecule has 0 aliphatic carbocycles.